The summed E-state index contributed by atoms with van der Waals surface area (Å²) in [6.07, 6.45) is -0.941. The number of carbonyl (C=O) groups is 2. The second-order valence-corrected chi connectivity index (χ2v) is 7.14. The lowest BCUT2D eigenvalue weighted by atomic mass is 10.0. The fourth-order valence-electron chi connectivity index (χ4n) is 3.25. The third-order valence-corrected chi connectivity index (χ3v) is 4.82. The van der Waals surface area contributed by atoms with Crippen molar-refractivity contribution in [2.45, 2.75) is 32.8 Å². The lowest BCUT2D eigenvalue weighted by Gasteiger charge is -2.17. The van der Waals surface area contributed by atoms with Crippen LogP contribution in [0.5, 0.6) is 5.75 Å². The van der Waals surface area contributed by atoms with Gasteiger partial charge in [-0.1, -0.05) is 56.3 Å². The summed E-state index contributed by atoms with van der Waals surface area (Å²) >= 11 is 0. The Balaban J connectivity index is 1.78. The summed E-state index contributed by atoms with van der Waals surface area (Å²) in [5.41, 5.74) is 2.15. The number of para-hydroxylation sites is 1. The Hall–Kier alpha value is -3.34. The first-order valence-electron chi connectivity index (χ1n) is 9.59. The maximum atomic E-state index is 12.8. The molecule has 3 rings (SSSR count). The van der Waals surface area contributed by atoms with Crippen LogP contribution in [0.25, 0.3) is 10.8 Å². The van der Waals surface area contributed by atoms with E-state index in [2.05, 4.69) is 19.2 Å². The molecule has 3 aromatic carbocycles. The van der Waals surface area contributed by atoms with Crippen LogP contribution < -0.4 is 10.1 Å². The number of hydrogen-bond donors (Lipinski definition) is 1. The van der Waals surface area contributed by atoms with Gasteiger partial charge in [0.2, 0.25) is 0 Å². The molecule has 1 N–H and O–H groups in total. The van der Waals surface area contributed by atoms with Crippen molar-refractivity contribution in [2.24, 2.45) is 0 Å². The first-order valence-corrected chi connectivity index (χ1v) is 9.59. The maximum absolute atomic E-state index is 12.8. The molecular formula is C24H25NO4. The highest BCUT2D eigenvalue weighted by atomic mass is 16.5. The second-order valence-electron chi connectivity index (χ2n) is 7.14. The summed E-state index contributed by atoms with van der Waals surface area (Å²) in [6, 6.07) is 18.4. The SMILES string of the molecule is COc1ccc(C(=O)O[C@@H](C)C(=O)Nc2ccccc2C(C)C)c2ccccc12. The highest BCUT2D eigenvalue weighted by molar-refractivity contribution is 6.07. The number of anilines is 1. The second kappa shape index (κ2) is 8.78. The fourth-order valence-corrected chi connectivity index (χ4v) is 3.25. The number of hydrogen-bond acceptors (Lipinski definition) is 4. The molecule has 1 atom stereocenters. The molecule has 0 saturated heterocycles. The molecule has 0 bridgehead atoms. The zero-order valence-electron chi connectivity index (χ0n) is 17.1. The van der Waals surface area contributed by atoms with Gasteiger partial charge in [-0.2, -0.15) is 0 Å². The van der Waals surface area contributed by atoms with Crippen LogP contribution in [0.3, 0.4) is 0 Å². The van der Waals surface area contributed by atoms with E-state index in [4.69, 9.17) is 9.47 Å². The zero-order valence-corrected chi connectivity index (χ0v) is 17.1. The average molecular weight is 391 g/mol. The molecule has 0 saturated carbocycles. The number of amides is 1. The molecule has 0 aromatic heterocycles. The molecule has 0 heterocycles. The lowest BCUT2D eigenvalue weighted by Crippen LogP contribution is -2.30. The summed E-state index contributed by atoms with van der Waals surface area (Å²) in [4.78, 5) is 25.4. The van der Waals surface area contributed by atoms with Crippen LogP contribution in [0, 0.1) is 0 Å². The van der Waals surface area contributed by atoms with Crippen LogP contribution in [0.2, 0.25) is 0 Å². The Morgan fingerprint density at radius 2 is 1.52 bits per heavy atom. The Morgan fingerprint density at radius 1 is 0.862 bits per heavy atom. The minimum Gasteiger partial charge on any atom is -0.496 e. The maximum Gasteiger partial charge on any atom is 0.339 e. The van der Waals surface area contributed by atoms with Gasteiger partial charge in [0.05, 0.1) is 12.7 Å². The van der Waals surface area contributed by atoms with E-state index in [1.165, 1.54) is 0 Å². The van der Waals surface area contributed by atoms with Crippen molar-refractivity contribution in [1.82, 2.24) is 0 Å². The summed E-state index contributed by atoms with van der Waals surface area (Å²) in [5, 5.41) is 4.40. The molecule has 3 aromatic rings. The number of carbonyl (C=O) groups excluding carboxylic acids is 2. The number of ether oxygens (including phenoxy) is 2. The molecule has 0 aliphatic heterocycles. The van der Waals surface area contributed by atoms with Crippen molar-refractivity contribution in [3.8, 4) is 5.75 Å². The fraction of sp³-hybridized carbons (Fsp3) is 0.250. The molecule has 5 heteroatoms. The Morgan fingerprint density at radius 3 is 2.21 bits per heavy atom. The molecular weight excluding hydrogens is 366 g/mol. The van der Waals surface area contributed by atoms with E-state index in [0.717, 1.165) is 22.0 Å². The summed E-state index contributed by atoms with van der Waals surface area (Å²) in [7, 11) is 1.58. The standard InChI is InChI=1S/C24H25NO4/c1-15(2)17-9-7-8-12-21(17)25-23(26)16(3)29-24(27)20-13-14-22(28-4)19-11-6-5-10-18(19)20/h5-16H,1-4H3,(H,25,26)/t16-/m0/s1. The van der Waals surface area contributed by atoms with Crippen molar-refractivity contribution < 1.29 is 19.1 Å². The smallest absolute Gasteiger partial charge is 0.339 e. The Kier molecular flexibility index (Phi) is 6.17. The van der Waals surface area contributed by atoms with Gasteiger partial charge in [0.15, 0.2) is 6.10 Å². The van der Waals surface area contributed by atoms with Gasteiger partial charge in [-0.25, -0.2) is 4.79 Å². The molecule has 1 amide bonds. The average Bonchev–Trinajstić information content (AvgIpc) is 2.72. The molecule has 0 radical (unpaired) electrons. The number of fused-ring (bicyclic) bond motifs is 1. The van der Waals surface area contributed by atoms with E-state index in [1.807, 2.05) is 48.5 Å². The highest BCUT2D eigenvalue weighted by Gasteiger charge is 2.22. The predicted octanol–water partition coefficient (Wildman–Crippen LogP) is 5.16. The van der Waals surface area contributed by atoms with Gasteiger partial charge in [0.1, 0.15) is 5.75 Å². The molecule has 0 aliphatic rings. The minimum atomic E-state index is -0.941. The lowest BCUT2D eigenvalue weighted by molar-refractivity contribution is -0.123. The van der Waals surface area contributed by atoms with E-state index >= 15 is 0 Å². The van der Waals surface area contributed by atoms with Crippen LogP contribution in [0.15, 0.2) is 60.7 Å². The van der Waals surface area contributed by atoms with Crippen LogP contribution >= 0.6 is 0 Å². The third kappa shape index (κ3) is 4.40. The van der Waals surface area contributed by atoms with Crippen molar-refractivity contribution >= 4 is 28.3 Å². The summed E-state index contributed by atoms with van der Waals surface area (Å²) in [6.45, 7) is 5.68. The number of benzene rings is 3. The Labute approximate surface area is 170 Å². The number of esters is 1. The van der Waals surface area contributed by atoms with Gasteiger partial charge in [-0.3, -0.25) is 4.79 Å². The van der Waals surface area contributed by atoms with E-state index in [1.54, 1.807) is 26.2 Å². The van der Waals surface area contributed by atoms with Gasteiger partial charge in [0.25, 0.3) is 5.91 Å². The van der Waals surface area contributed by atoms with E-state index in [9.17, 15) is 9.59 Å². The largest absolute Gasteiger partial charge is 0.496 e. The molecule has 29 heavy (non-hydrogen) atoms. The zero-order chi connectivity index (χ0) is 21.0. The molecule has 0 fully saturated rings. The van der Waals surface area contributed by atoms with Crippen molar-refractivity contribution in [2.75, 3.05) is 12.4 Å². The summed E-state index contributed by atoms with van der Waals surface area (Å²) < 4.78 is 10.8. The first kappa shape index (κ1) is 20.4. The van der Waals surface area contributed by atoms with Crippen molar-refractivity contribution in [1.29, 1.82) is 0 Å². The quantitative estimate of drug-likeness (QED) is 0.590. The third-order valence-electron chi connectivity index (χ3n) is 4.82. The minimum absolute atomic E-state index is 0.259. The molecule has 150 valence electrons. The first-order chi connectivity index (χ1) is 13.9. The van der Waals surface area contributed by atoms with Gasteiger partial charge in [-0.15, -0.1) is 0 Å². The topological polar surface area (TPSA) is 64.6 Å². The number of methoxy groups -OCH3 is 1. The molecule has 0 spiro atoms. The van der Waals surface area contributed by atoms with Gasteiger partial charge >= 0.3 is 5.97 Å². The van der Waals surface area contributed by atoms with Gasteiger partial charge in [-0.05, 0) is 42.0 Å². The Bertz CT molecular complexity index is 1040. The normalized spacial score (nSPS) is 11.9. The predicted molar refractivity (Wildman–Crippen MR) is 115 cm³/mol. The highest BCUT2D eigenvalue weighted by Crippen LogP contribution is 2.29. The molecule has 0 aliphatic carbocycles. The number of nitrogens with one attached hydrogen (secondary N) is 1. The van der Waals surface area contributed by atoms with Gasteiger partial charge < -0.3 is 14.8 Å². The van der Waals surface area contributed by atoms with Crippen molar-refractivity contribution in [3.05, 3.63) is 71.8 Å². The van der Waals surface area contributed by atoms with Crippen LogP contribution in [0.4, 0.5) is 5.69 Å². The number of rotatable bonds is 6. The van der Waals surface area contributed by atoms with Crippen LogP contribution in [-0.2, 0) is 9.53 Å². The van der Waals surface area contributed by atoms with E-state index in [0.29, 0.717) is 11.3 Å². The summed E-state index contributed by atoms with van der Waals surface area (Å²) in [5.74, 6) is 0.0103. The van der Waals surface area contributed by atoms with Gasteiger partial charge in [0, 0.05) is 11.1 Å². The van der Waals surface area contributed by atoms with E-state index < -0.39 is 12.1 Å². The molecule has 0 unspecified atom stereocenters. The van der Waals surface area contributed by atoms with Crippen molar-refractivity contribution in [3.63, 3.8) is 0 Å². The monoisotopic (exact) mass is 391 g/mol. The van der Waals surface area contributed by atoms with Crippen LogP contribution in [-0.4, -0.2) is 25.1 Å². The van der Waals surface area contributed by atoms with E-state index in [-0.39, 0.29) is 11.8 Å². The molecule has 5 nitrogen and oxygen atoms in total. The van der Waals surface area contributed by atoms with Crippen LogP contribution in [0.1, 0.15) is 42.6 Å².